The summed E-state index contributed by atoms with van der Waals surface area (Å²) >= 11 is 0. The molecule has 0 saturated heterocycles. The summed E-state index contributed by atoms with van der Waals surface area (Å²) in [6, 6.07) is 0. The molecule has 1 aliphatic rings. The predicted molar refractivity (Wildman–Crippen MR) is 75.7 cm³/mol. The molecular weight excluding hydrogens is 240 g/mol. The highest BCUT2D eigenvalue weighted by atomic mass is 16.5. The fraction of sp³-hybridized carbons (Fsp3) is 0.786. The molecule has 1 aliphatic carbocycles. The van der Waals surface area contributed by atoms with Crippen LogP contribution in [0.2, 0.25) is 0 Å². The van der Waals surface area contributed by atoms with E-state index in [-0.39, 0.29) is 5.54 Å². The zero-order chi connectivity index (χ0) is 13.9. The Kier molecular flexibility index (Phi) is 4.60. The molecule has 0 aromatic carbocycles. The first-order valence-corrected chi connectivity index (χ1v) is 7.01. The summed E-state index contributed by atoms with van der Waals surface area (Å²) in [5, 5.41) is 0. The van der Waals surface area contributed by atoms with E-state index < -0.39 is 0 Å². The van der Waals surface area contributed by atoms with E-state index in [4.69, 9.17) is 10.5 Å². The van der Waals surface area contributed by atoms with Crippen LogP contribution in [0.25, 0.3) is 0 Å². The van der Waals surface area contributed by atoms with E-state index in [1.807, 2.05) is 19.4 Å². The van der Waals surface area contributed by atoms with Gasteiger partial charge in [0.05, 0.1) is 12.6 Å². The van der Waals surface area contributed by atoms with E-state index >= 15 is 0 Å². The molecule has 1 heterocycles. The van der Waals surface area contributed by atoms with Crippen LogP contribution in [0.3, 0.4) is 0 Å². The van der Waals surface area contributed by atoms with Gasteiger partial charge in [-0.3, -0.25) is 4.90 Å². The molecule has 0 bridgehead atoms. The van der Waals surface area contributed by atoms with Gasteiger partial charge in [-0.15, -0.1) is 0 Å². The third-order valence-corrected chi connectivity index (χ3v) is 4.69. The predicted octanol–water partition coefficient (Wildman–Crippen LogP) is 1.14. The number of rotatable bonds is 5. The van der Waals surface area contributed by atoms with Gasteiger partial charge in [0.1, 0.15) is 5.82 Å². The minimum atomic E-state index is 0.0982. The maximum Gasteiger partial charge on any atom is 0.122 e. The number of aromatic nitrogens is 2. The van der Waals surface area contributed by atoms with E-state index in [1.54, 1.807) is 7.11 Å². The first-order chi connectivity index (χ1) is 9.11. The number of nitrogens with zero attached hydrogens (tertiary/aromatic N) is 3. The first-order valence-electron chi connectivity index (χ1n) is 7.01. The van der Waals surface area contributed by atoms with Crippen molar-refractivity contribution in [1.82, 2.24) is 14.5 Å². The summed E-state index contributed by atoms with van der Waals surface area (Å²) < 4.78 is 7.53. The molecule has 2 rings (SSSR count). The Balaban J connectivity index is 2.03. The lowest BCUT2D eigenvalue weighted by atomic mass is 9.79. The van der Waals surface area contributed by atoms with Crippen LogP contribution in [0, 0.1) is 0 Å². The average Bonchev–Trinajstić information content (AvgIpc) is 2.84. The van der Waals surface area contributed by atoms with E-state index in [1.165, 1.54) is 0 Å². The van der Waals surface area contributed by atoms with Gasteiger partial charge in [-0.2, -0.15) is 0 Å². The zero-order valence-corrected chi connectivity index (χ0v) is 12.3. The number of ether oxygens (including phenoxy) is 1. The van der Waals surface area contributed by atoms with Crippen LogP contribution < -0.4 is 5.73 Å². The molecule has 5 nitrogen and oxygen atoms in total. The first kappa shape index (κ1) is 14.5. The molecule has 108 valence electrons. The van der Waals surface area contributed by atoms with E-state index in [2.05, 4.69) is 21.5 Å². The van der Waals surface area contributed by atoms with Crippen molar-refractivity contribution in [2.75, 3.05) is 20.7 Å². The van der Waals surface area contributed by atoms with Gasteiger partial charge in [0.25, 0.3) is 0 Å². The highest BCUT2D eigenvalue weighted by Gasteiger charge is 2.37. The van der Waals surface area contributed by atoms with Crippen LogP contribution in [0.1, 0.15) is 31.5 Å². The molecule has 0 aliphatic heterocycles. The number of methoxy groups -OCH3 is 1. The van der Waals surface area contributed by atoms with Crippen LogP contribution >= 0.6 is 0 Å². The minimum absolute atomic E-state index is 0.0982. The molecule has 0 amide bonds. The standard InChI is InChI=1S/C14H26N4O/c1-17-9-8-16-13(17)10-18(2)14(11-15)6-4-12(19-3)5-7-14/h8-9,12H,4-7,10-11,15H2,1-3H3. The minimum Gasteiger partial charge on any atom is -0.381 e. The number of imidazole rings is 1. The van der Waals surface area contributed by atoms with Gasteiger partial charge in [0.15, 0.2) is 0 Å². The van der Waals surface area contributed by atoms with Gasteiger partial charge < -0.3 is 15.0 Å². The van der Waals surface area contributed by atoms with Crippen molar-refractivity contribution in [3.8, 4) is 0 Å². The summed E-state index contributed by atoms with van der Waals surface area (Å²) in [6.45, 7) is 1.54. The van der Waals surface area contributed by atoms with Crippen molar-refractivity contribution in [2.45, 2.75) is 43.9 Å². The van der Waals surface area contributed by atoms with Gasteiger partial charge >= 0.3 is 0 Å². The Morgan fingerprint density at radius 1 is 1.53 bits per heavy atom. The third kappa shape index (κ3) is 2.99. The van der Waals surface area contributed by atoms with Crippen molar-refractivity contribution < 1.29 is 4.74 Å². The van der Waals surface area contributed by atoms with Crippen LogP contribution in [0.15, 0.2) is 12.4 Å². The van der Waals surface area contributed by atoms with Crippen molar-refractivity contribution in [3.63, 3.8) is 0 Å². The normalized spacial score (nSPS) is 27.9. The summed E-state index contributed by atoms with van der Waals surface area (Å²) in [5.74, 6) is 1.09. The molecular formula is C14H26N4O. The monoisotopic (exact) mass is 266 g/mol. The Hall–Kier alpha value is -0.910. The fourth-order valence-electron chi connectivity index (χ4n) is 3.03. The fourth-order valence-corrected chi connectivity index (χ4v) is 3.03. The smallest absolute Gasteiger partial charge is 0.122 e. The number of hydrogen-bond donors (Lipinski definition) is 1. The Labute approximate surface area is 115 Å². The summed E-state index contributed by atoms with van der Waals surface area (Å²) in [5.41, 5.74) is 6.18. The molecule has 0 atom stereocenters. The molecule has 0 radical (unpaired) electrons. The number of hydrogen-bond acceptors (Lipinski definition) is 4. The number of likely N-dealkylation sites (N-methyl/N-ethyl adjacent to an activating group) is 1. The Morgan fingerprint density at radius 3 is 2.68 bits per heavy atom. The third-order valence-electron chi connectivity index (χ3n) is 4.69. The highest BCUT2D eigenvalue weighted by molar-refractivity contribution is 4.99. The van der Waals surface area contributed by atoms with Crippen molar-refractivity contribution >= 4 is 0 Å². The summed E-state index contributed by atoms with van der Waals surface area (Å²) in [7, 11) is 6.00. The maximum absolute atomic E-state index is 6.08. The lowest BCUT2D eigenvalue weighted by molar-refractivity contribution is -0.000569. The van der Waals surface area contributed by atoms with E-state index in [0.29, 0.717) is 12.6 Å². The summed E-state index contributed by atoms with van der Waals surface area (Å²) in [4.78, 5) is 6.78. The molecule has 1 aromatic heterocycles. The molecule has 2 N–H and O–H groups in total. The zero-order valence-electron chi connectivity index (χ0n) is 12.3. The van der Waals surface area contributed by atoms with Gasteiger partial charge in [-0.25, -0.2) is 4.98 Å². The van der Waals surface area contributed by atoms with Crippen molar-refractivity contribution in [3.05, 3.63) is 18.2 Å². The van der Waals surface area contributed by atoms with Gasteiger partial charge in [-0.05, 0) is 32.7 Å². The molecule has 5 heteroatoms. The van der Waals surface area contributed by atoms with Crippen molar-refractivity contribution in [2.24, 2.45) is 12.8 Å². The molecule has 1 saturated carbocycles. The average molecular weight is 266 g/mol. The molecule has 1 aromatic rings. The Bertz CT molecular complexity index is 396. The number of nitrogens with two attached hydrogens (primary N) is 1. The second-order valence-corrected chi connectivity index (χ2v) is 5.67. The topological polar surface area (TPSA) is 56.3 Å². The quantitative estimate of drug-likeness (QED) is 0.868. The SMILES string of the molecule is COC1CCC(CN)(N(C)Cc2nccn2C)CC1. The van der Waals surface area contributed by atoms with Crippen LogP contribution in [0.5, 0.6) is 0 Å². The molecule has 0 spiro atoms. The van der Waals surface area contributed by atoms with E-state index in [0.717, 1.165) is 38.1 Å². The van der Waals surface area contributed by atoms with Gasteiger partial charge in [0.2, 0.25) is 0 Å². The van der Waals surface area contributed by atoms with Crippen LogP contribution in [0.4, 0.5) is 0 Å². The molecule has 0 unspecified atom stereocenters. The lowest BCUT2D eigenvalue weighted by Crippen LogP contribution is -2.54. The molecule has 1 fully saturated rings. The molecule has 19 heavy (non-hydrogen) atoms. The lowest BCUT2D eigenvalue weighted by Gasteiger charge is -2.45. The van der Waals surface area contributed by atoms with Gasteiger partial charge in [0, 0.05) is 38.6 Å². The maximum atomic E-state index is 6.08. The second-order valence-electron chi connectivity index (χ2n) is 5.67. The second kappa shape index (κ2) is 6.03. The largest absolute Gasteiger partial charge is 0.381 e. The summed E-state index contributed by atoms with van der Waals surface area (Å²) in [6.07, 6.45) is 8.63. The van der Waals surface area contributed by atoms with Gasteiger partial charge in [-0.1, -0.05) is 0 Å². The van der Waals surface area contributed by atoms with E-state index in [9.17, 15) is 0 Å². The van der Waals surface area contributed by atoms with Crippen LogP contribution in [-0.4, -0.2) is 46.8 Å². The van der Waals surface area contributed by atoms with Crippen molar-refractivity contribution in [1.29, 1.82) is 0 Å². The Morgan fingerprint density at radius 2 is 2.21 bits per heavy atom. The highest BCUT2D eigenvalue weighted by Crippen LogP contribution is 2.34. The number of aryl methyl sites for hydroxylation is 1. The van der Waals surface area contributed by atoms with Crippen LogP contribution in [-0.2, 0) is 18.3 Å².